The fourth-order valence-corrected chi connectivity index (χ4v) is 2.17. The lowest BCUT2D eigenvalue weighted by atomic mass is 10.1. The van der Waals surface area contributed by atoms with Crippen LogP contribution in [0.3, 0.4) is 0 Å². The number of benzene rings is 2. The van der Waals surface area contributed by atoms with Crippen LogP contribution in [0.25, 0.3) is 0 Å². The number of nitriles is 1. The molecule has 4 nitrogen and oxygen atoms in total. The average molecular weight is 316 g/mol. The van der Waals surface area contributed by atoms with Gasteiger partial charge in [-0.15, -0.1) is 0 Å². The van der Waals surface area contributed by atoms with Crippen molar-refractivity contribution < 1.29 is 18.9 Å². The van der Waals surface area contributed by atoms with Crippen LogP contribution >= 0.6 is 0 Å². The number of carbonyl (C=O) groups is 1. The van der Waals surface area contributed by atoms with Gasteiger partial charge in [0.05, 0.1) is 11.3 Å². The molecule has 0 aliphatic carbocycles. The molecule has 6 heteroatoms. The minimum absolute atomic E-state index is 0.0533. The second-order valence-electron chi connectivity index (χ2n) is 5.10. The van der Waals surface area contributed by atoms with Crippen molar-refractivity contribution in [2.45, 2.75) is 13.0 Å². The number of anilines is 1. The number of halogens is 2. The van der Waals surface area contributed by atoms with E-state index in [4.69, 9.17) is 5.26 Å². The first kappa shape index (κ1) is 16.6. The molecule has 0 spiro atoms. The molecule has 2 rings (SSSR count). The number of nitrogens with two attached hydrogens (primary N) is 1. The number of carbonyl (C=O) groups excluding carboxylic acids is 1. The van der Waals surface area contributed by atoms with Crippen LogP contribution in [0.4, 0.5) is 14.5 Å². The first-order chi connectivity index (χ1) is 11.0. The van der Waals surface area contributed by atoms with Crippen molar-refractivity contribution in [3.05, 3.63) is 65.2 Å². The minimum Gasteiger partial charge on any atom is -0.332 e. The first-order valence-corrected chi connectivity index (χ1v) is 7.08. The average Bonchev–Trinajstić information content (AvgIpc) is 2.53. The van der Waals surface area contributed by atoms with Gasteiger partial charge in [0, 0.05) is 11.6 Å². The Bertz CT molecular complexity index is 756. The van der Waals surface area contributed by atoms with Crippen molar-refractivity contribution in [2.24, 2.45) is 0 Å². The van der Waals surface area contributed by atoms with Crippen LogP contribution in [0.1, 0.15) is 24.1 Å². The molecule has 0 aliphatic heterocycles. The Labute approximate surface area is 132 Å². The Morgan fingerprint density at radius 2 is 2.04 bits per heavy atom. The molecular formula is C17H16F2N3O+. The van der Waals surface area contributed by atoms with Crippen molar-refractivity contribution >= 4 is 11.6 Å². The zero-order chi connectivity index (χ0) is 16.8. The highest BCUT2D eigenvalue weighted by Crippen LogP contribution is 2.15. The number of para-hydroxylation sites is 1. The van der Waals surface area contributed by atoms with E-state index in [0.29, 0.717) is 16.8 Å². The first-order valence-electron chi connectivity index (χ1n) is 7.08. The van der Waals surface area contributed by atoms with Crippen molar-refractivity contribution in [3.8, 4) is 6.07 Å². The summed E-state index contributed by atoms with van der Waals surface area (Å²) in [6.07, 6.45) is 0. The third kappa shape index (κ3) is 4.34. The molecule has 0 fully saturated rings. The zero-order valence-corrected chi connectivity index (χ0v) is 12.5. The molecule has 23 heavy (non-hydrogen) atoms. The molecule has 0 aromatic heterocycles. The molecule has 1 atom stereocenters. The maximum atomic E-state index is 13.7. The normalized spacial score (nSPS) is 11.6. The summed E-state index contributed by atoms with van der Waals surface area (Å²) in [5, 5.41) is 13.3. The number of hydrogen-bond acceptors (Lipinski definition) is 2. The van der Waals surface area contributed by atoms with Gasteiger partial charge in [-0.25, -0.2) is 8.78 Å². The van der Waals surface area contributed by atoms with Gasteiger partial charge in [-0.05, 0) is 31.2 Å². The lowest BCUT2D eigenvalue weighted by molar-refractivity contribution is -0.682. The van der Waals surface area contributed by atoms with E-state index >= 15 is 0 Å². The summed E-state index contributed by atoms with van der Waals surface area (Å²) in [4.78, 5) is 11.9. The number of quaternary nitrogens is 1. The Balaban J connectivity index is 1.95. The topological polar surface area (TPSA) is 69.5 Å². The summed E-state index contributed by atoms with van der Waals surface area (Å²) in [5.41, 5.74) is 1.14. The summed E-state index contributed by atoms with van der Waals surface area (Å²) in [6, 6.07) is 11.7. The van der Waals surface area contributed by atoms with Crippen molar-refractivity contribution in [3.63, 3.8) is 0 Å². The van der Waals surface area contributed by atoms with E-state index in [1.165, 1.54) is 12.1 Å². The molecule has 0 saturated heterocycles. The van der Waals surface area contributed by atoms with Crippen molar-refractivity contribution in [1.82, 2.24) is 0 Å². The third-order valence-electron chi connectivity index (χ3n) is 3.43. The summed E-state index contributed by atoms with van der Waals surface area (Å²) < 4.78 is 26.6. The molecule has 2 aromatic rings. The molecule has 0 saturated carbocycles. The molecular weight excluding hydrogens is 300 g/mol. The van der Waals surface area contributed by atoms with Crippen LogP contribution < -0.4 is 10.6 Å². The molecule has 0 heterocycles. The molecule has 2 aromatic carbocycles. The lowest BCUT2D eigenvalue weighted by Crippen LogP contribution is -2.86. The maximum absolute atomic E-state index is 13.7. The van der Waals surface area contributed by atoms with Crippen molar-refractivity contribution in [2.75, 3.05) is 11.9 Å². The van der Waals surface area contributed by atoms with Gasteiger partial charge in [-0.1, -0.05) is 12.1 Å². The van der Waals surface area contributed by atoms with Gasteiger partial charge >= 0.3 is 0 Å². The van der Waals surface area contributed by atoms with E-state index in [1.807, 2.05) is 6.07 Å². The largest absolute Gasteiger partial charge is 0.332 e. The SMILES string of the molecule is C[C@H]([NH2+]CC(=O)Nc1ccccc1C#N)c1ccc(F)cc1F. The van der Waals surface area contributed by atoms with E-state index < -0.39 is 11.6 Å². The molecule has 3 N–H and O–H groups in total. The van der Waals surface area contributed by atoms with E-state index in [9.17, 15) is 13.6 Å². The fourth-order valence-electron chi connectivity index (χ4n) is 2.17. The Hall–Kier alpha value is -2.78. The van der Waals surface area contributed by atoms with Crippen LogP contribution in [-0.4, -0.2) is 12.5 Å². The van der Waals surface area contributed by atoms with E-state index in [1.54, 1.807) is 36.5 Å². The summed E-state index contributed by atoms with van der Waals surface area (Å²) in [5.74, 6) is -1.57. The van der Waals surface area contributed by atoms with E-state index in [-0.39, 0.29) is 18.5 Å². The highest BCUT2D eigenvalue weighted by Gasteiger charge is 2.16. The van der Waals surface area contributed by atoms with Crippen LogP contribution in [0, 0.1) is 23.0 Å². The minimum atomic E-state index is -0.635. The number of amides is 1. The standard InChI is InChI=1S/C17H15F2N3O/c1-11(14-7-6-13(18)8-15(14)19)21-10-17(23)22-16-5-3-2-4-12(16)9-20/h2-8,11,21H,10H2,1H3,(H,22,23)/p+1/t11-/m0/s1. The third-order valence-corrected chi connectivity index (χ3v) is 3.43. The van der Waals surface area contributed by atoms with E-state index in [2.05, 4.69) is 5.32 Å². The molecule has 0 bridgehead atoms. The zero-order valence-electron chi connectivity index (χ0n) is 12.5. The molecule has 0 aliphatic rings. The number of hydrogen-bond donors (Lipinski definition) is 2. The lowest BCUT2D eigenvalue weighted by Gasteiger charge is -2.12. The van der Waals surface area contributed by atoms with Gasteiger partial charge in [0.1, 0.15) is 23.7 Å². The van der Waals surface area contributed by atoms with Gasteiger partial charge in [-0.3, -0.25) is 4.79 Å². The number of rotatable bonds is 5. The maximum Gasteiger partial charge on any atom is 0.279 e. The summed E-state index contributed by atoms with van der Waals surface area (Å²) in [7, 11) is 0. The quantitative estimate of drug-likeness (QED) is 0.887. The van der Waals surface area contributed by atoms with Crippen LogP contribution in [0.2, 0.25) is 0 Å². The van der Waals surface area contributed by atoms with Crippen molar-refractivity contribution in [1.29, 1.82) is 5.26 Å². The van der Waals surface area contributed by atoms with Crippen LogP contribution in [-0.2, 0) is 4.79 Å². The molecule has 0 radical (unpaired) electrons. The number of nitrogens with zero attached hydrogens (tertiary/aromatic N) is 1. The van der Waals surface area contributed by atoms with Gasteiger partial charge in [0.15, 0.2) is 6.54 Å². The number of nitrogens with one attached hydrogen (secondary N) is 1. The van der Waals surface area contributed by atoms with Gasteiger partial charge in [0.25, 0.3) is 5.91 Å². The molecule has 118 valence electrons. The smallest absolute Gasteiger partial charge is 0.279 e. The predicted octanol–water partition coefficient (Wildman–Crippen LogP) is 2.10. The molecule has 1 amide bonds. The predicted molar refractivity (Wildman–Crippen MR) is 81.4 cm³/mol. The van der Waals surface area contributed by atoms with E-state index in [0.717, 1.165) is 6.07 Å². The van der Waals surface area contributed by atoms with Crippen LogP contribution in [0.5, 0.6) is 0 Å². The Morgan fingerprint density at radius 3 is 2.74 bits per heavy atom. The highest BCUT2D eigenvalue weighted by molar-refractivity contribution is 5.92. The Kier molecular flexibility index (Phi) is 5.39. The van der Waals surface area contributed by atoms with Gasteiger partial charge in [-0.2, -0.15) is 5.26 Å². The van der Waals surface area contributed by atoms with Crippen LogP contribution in [0.15, 0.2) is 42.5 Å². The summed E-state index contributed by atoms with van der Waals surface area (Å²) in [6.45, 7) is 1.78. The second kappa shape index (κ2) is 7.47. The highest BCUT2D eigenvalue weighted by atomic mass is 19.1. The van der Waals surface area contributed by atoms with Gasteiger partial charge < -0.3 is 10.6 Å². The fraction of sp³-hybridized carbons (Fsp3) is 0.176. The summed E-state index contributed by atoms with van der Waals surface area (Å²) >= 11 is 0. The molecule has 0 unspecified atom stereocenters. The second-order valence-corrected chi connectivity index (χ2v) is 5.10. The monoisotopic (exact) mass is 316 g/mol. The van der Waals surface area contributed by atoms with Gasteiger partial charge in [0.2, 0.25) is 0 Å². The Morgan fingerprint density at radius 1 is 1.30 bits per heavy atom.